The van der Waals surface area contributed by atoms with Crippen molar-refractivity contribution in [1.82, 2.24) is 4.90 Å². The number of halogens is 3. The van der Waals surface area contributed by atoms with E-state index >= 15 is 0 Å². The molecule has 1 aromatic carbocycles. The molecule has 1 aromatic rings. The zero-order chi connectivity index (χ0) is 12.3. The number of nitrogens with zero attached hydrogens (tertiary/aromatic N) is 1. The SMILES string of the molecule is Fc1ccc(CN(CCCl)C2CCC2)c(Br)c1. The Morgan fingerprint density at radius 3 is 2.71 bits per heavy atom. The first kappa shape index (κ1) is 13.3. The Balaban J connectivity index is 2.05. The first-order valence-electron chi connectivity index (χ1n) is 5.94. The van der Waals surface area contributed by atoms with E-state index in [1.54, 1.807) is 0 Å². The molecule has 0 aromatic heterocycles. The highest BCUT2D eigenvalue weighted by Crippen LogP contribution is 2.28. The van der Waals surface area contributed by atoms with Gasteiger partial charge in [0.05, 0.1) is 0 Å². The molecule has 1 nitrogen and oxygen atoms in total. The second-order valence-electron chi connectivity index (χ2n) is 4.48. The average molecular weight is 321 g/mol. The van der Waals surface area contributed by atoms with Gasteiger partial charge in [0.15, 0.2) is 0 Å². The van der Waals surface area contributed by atoms with Gasteiger partial charge in [-0.05, 0) is 30.5 Å². The fourth-order valence-electron chi connectivity index (χ4n) is 2.12. The van der Waals surface area contributed by atoms with Gasteiger partial charge in [0.1, 0.15) is 5.82 Å². The largest absolute Gasteiger partial charge is 0.295 e. The highest BCUT2D eigenvalue weighted by molar-refractivity contribution is 9.10. The molecule has 94 valence electrons. The van der Waals surface area contributed by atoms with Crippen molar-refractivity contribution in [1.29, 1.82) is 0 Å². The molecule has 1 fully saturated rings. The fourth-order valence-corrected chi connectivity index (χ4v) is 2.81. The Bertz CT molecular complexity index is 382. The minimum absolute atomic E-state index is 0.201. The third kappa shape index (κ3) is 3.43. The van der Waals surface area contributed by atoms with Crippen molar-refractivity contribution < 1.29 is 4.39 Å². The molecule has 0 atom stereocenters. The molecule has 17 heavy (non-hydrogen) atoms. The van der Waals surface area contributed by atoms with Crippen LogP contribution in [0.25, 0.3) is 0 Å². The lowest BCUT2D eigenvalue weighted by atomic mass is 9.91. The molecule has 0 bridgehead atoms. The third-order valence-electron chi connectivity index (χ3n) is 3.35. The van der Waals surface area contributed by atoms with Crippen molar-refractivity contribution in [2.45, 2.75) is 31.8 Å². The summed E-state index contributed by atoms with van der Waals surface area (Å²) >= 11 is 9.26. The molecular formula is C13H16BrClFN. The van der Waals surface area contributed by atoms with Crippen molar-refractivity contribution in [3.05, 3.63) is 34.1 Å². The summed E-state index contributed by atoms with van der Waals surface area (Å²) in [5.74, 6) is 0.447. The van der Waals surface area contributed by atoms with E-state index in [-0.39, 0.29) is 5.82 Å². The second kappa shape index (κ2) is 6.17. The summed E-state index contributed by atoms with van der Waals surface area (Å²) in [7, 11) is 0. The molecule has 0 amide bonds. The van der Waals surface area contributed by atoms with Gasteiger partial charge in [0.2, 0.25) is 0 Å². The Kier molecular flexibility index (Phi) is 4.83. The van der Waals surface area contributed by atoms with Crippen LogP contribution in [-0.4, -0.2) is 23.4 Å². The van der Waals surface area contributed by atoms with Crippen LogP contribution < -0.4 is 0 Å². The van der Waals surface area contributed by atoms with Gasteiger partial charge in [0, 0.05) is 29.5 Å². The summed E-state index contributed by atoms with van der Waals surface area (Å²) in [4.78, 5) is 2.40. The Labute approximate surface area is 115 Å². The molecule has 0 saturated heterocycles. The van der Waals surface area contributed by atoms with E-state index in [9.17, 15) is 4.39 Å². The molecule has 2 rings (SSSR count). The summed E-state index contributed by atoms with van der Waals surface area (Å²) in [5.41, 5.74) is 1.13. The summed E-state index contributed by atoms with van der Waals surface area (Å²) in [6, 6.07) is 5.54. The smallest absolute Gasteiger partial charge is 0.124 e. The normalized spacial score (nSPS) is 16.2. The van der Waals surface area contributed by atoms with Crippen molar-refractivity contribution in [2.24, 2.45) is 0 Å². The van der Waals surface area contributed by atoms with E-state index in [0.717, 1.165) is 23.1 Å². The van der Waals surface area contributed by atoms with Crippen molar-refractivity contribution in [3.8, 4) is 0 Å². The van der Waals surface area contributed by atoms with E-state index in [1.165, 1.54) is 31.4 Å². The maximum atomic E-state index is 13.0. The summed E-state index contributed by atoms with van der Waals surface area (Å²) in [6.07, 6.45) is 3.83. The monoisotopic (exact) mass is 319 g/mol. The van der Waals surface area contributed by atoms with Crippen LogP contribution in [0.15, 0.2) is 22.7 Å². The highest BCUT2D eigenvalue weighted by atomic mass is 79.9. The van der Waals surface area contributed by atoms with E-state index in [4.69, 9.17) is 11.6 Å². The molecule has 4 heteroatoms. The predicted molar refractivity (Wildman–Crippen MR) is 72.9 cm³/mol. The molecule has 0 N–H and O–H groups in total. The van der Waals surface area contributed by atoms with Gasteiger partial charge in [-0.25, -0.2) is 4.39 Å². The summed E-state index contributed by atoms with van der Waals surface area (Å²) in [6.45, 7) is 1.74. The fraction of sp³-hybridized carbons (Fsp3) is 0.538. The quantitative estimate of drug-likeness (QED) is 0.736. The minimum atomic E-state index is -0.201. The van der Waals surface area contributed by atoms with E-state index < -0.39 is 0 Å². The average Bonchev–Trinajstić information content (AvgIpc) is 2.20. The van der Waals surface area contributed by atoms with Crippen LogP contribution in [0.4, 0.5) is 4.39 Å². The minimum Gasteiger partial charge on any atom is -0.295 e. The number of rotatable bonds is 5. The molecule has 0 heterocycles. The molecule has 0 spiro atoms. The third-order valence-corrected chi connectivity index (χ3v) is 4.26. The maximum absolute atomic E-state index is 13.0. The molecule has 0 unspecified atom stereocenters. The Hall–Kier alpha value is -0.120. The first-order chi connectivity index (χ1) is 8.20. The van der Waals surface area contributed by atoms with Gasteiger partial charge in [-0.2, -0.15) is 0 Å². The zero-order valence-electron chi connectivity index (χ0n) is 9.63. The van der Waals surface area contributed by atoms with Crippen LogP contribution in [0.3, 0.4) is 0 Å². The van der Waals surface area contributed by atoms with Gasteiger partial charge in [-0.3, -0.25) is 4.90 Å². The first-order valence-corrected chi connectivity index (χ1v) is 7.27. The molecular weight excluding hydrogens is 305 g/mol. The van der Waals surface area contributed by atoms with Gasteiger partial charge < -0.3 is 0 Å². The van der Waals surface area contributed by atoms with Crippen molar-refractivity contribution in [2.75, 3.05) is 12.4 Å². The lowest BCUT2D eigenvalue weighted by Gasteiger charge is -2.37. The van der Waals surface area contributed by atoms with Crippen LogP contribution in [0.5, 0.6) is 0 Å². The molecule has 1 aliphatic carbocycles. The van der Waals surface area contributed by atoms with Gasteiger partial charge >= 0.3 is 0 Å². The van der Waals surface area contributed by atoms with E-state index in [0.29, 0.717) is 11.9 Å². The van der Waals surface area contributed by atoms with Gasteiger partial charge in [0.25, 0.3) is 0 Å². The standard InChI is InChI=1S/C13H16BrClFN/c14-13-8-11(16)5-4-10(13)9-17(7-6-15)12-2-1-3-12/h4-5,8,12H,1-3,6-7,9H2. The Morgan fingerprint density at radius 2 is 2.18 bits per heavy atom. The van der Waals surface area contributed by atoms with Gasteiger partial charge in [-0.15, -0.1) is 11.6 Å². The second-order valence-corrected chi connectivity index (χ2v) is 5.71. The lowest BCUT2D eigenvalue weighted by Crippen LogP contribution is -2.40. The highest BCUT2D eigenvalue weighted by Gasteiger charge is 2.24. The van der Waals surface area contributed by atoms with Crippen LogP contribution in [0.1, 0.15) is 24.8 Å². The van der Waals surface area contributed by atoms with E-state index in [2.05, 4.69) is 20.8 Å². The predicted octanol–water partition coefficient (Wildman–Crippen LogP) is 4.18. The molecule has 0 radical (unpaired) electrons. The maximum Gasteiger partial charge on any atom is 0.124 e. The summed E-state index contributed by atoms with van der Waals surface area (Å²) in [5, 5.41) is 0. The Morgan fingerprint density at radius 1 is 1.41 bits per heavy atom. The number of benzene rings is 1. The van der Waals surface area contributed by atoms with Crippen LogP contribution in [0.2, 0.25) is 0 Å². The zero-order valence-corrected chi connectivity index (χ0v) is 12.0. The summed E-state index contributed by atoms with van der Waals surface area (Å²) < 4.78 is 13.8. The molecule has 0 aliphatic heterocycles. The van der Waals surface area contributed by atoms with Gasteiger partial charge in [-0.1, -0.05) is 28.4 Å². The molecule has 1 saturated carbocycles. The van der Waals surface area contributed by atoms with Crippen LogP contribution in [0, 0.1) is 5.82 Å². The number of hydrogen-bond acceptors (Lipinski definition) is 1. The molecule has 1 aliphatic rings. The topological polar surface area (TPSA) is 3.24 Å². The van der Waals surface area contributed by atoms with Crippen LogP contribution in [-0.2, 0) is 6.54 Å². The lowest BCUT2D eigenvalue weighted by molar-refractivity contribution is 0.127. The number of alkyl halides is 1. The van der Waals surface area contributed by atoms with Crippen molar-refractivity contribution in [3.63, 3.8) is 0 Å². The van der Waals surface area contributed by atoms with Crippen molar-refractivity contribution >= 4 is 27.5 Å². The van der Waals surface area contributed by atoms with Crippen LogP contribution >= 0.6 is 27.5 Å². The van der Waals surface area contributed by atoms with E-state index in [1.807, 2.05) is 6.07 Å². The number of hydrogen-bond donors (Lipinski definition) is 0.